The molecular weight excluding hydrogens is 709 g/mol. The Balaban J connectivity index is 1.37. The molecule has 266 valence electrons. The van der Waals surface area contributed by atoms with Gasteiger partial charge in [-0.1, -0.05) is 40.9 Å². The largest absolute Gasteiger partial charge is 0.494 e. The monoisotopic (exact) mass is 747 g/mol. The van der Waals surface area contributed by atoms with Crippen molar-refractivity contribution in [3.05, 3.63) is 97.0 Å². The van der Waals surface area contributed by atoms with Gasteiger partial charge in [-0.25, -0.2) is 4.79 Å². The molecule has 3 aromatic carbocycles. The molecule has 3 aromatic heterocycles. The maximum absolute atomic E-state index is 12.5. The van der Waals surface area contributed by atoms with Gasteiger partial charge in [0.25, 0.3) is 0 Å². The van der Waals surface area contributed by atoms with E-state index in [4.69, 9.17) is 44.6 Å². The topological polar surface area (TPSA) is 97.7 Å². The third-order valence-electron chi connectivity index (χ3n) is 10.2. The van der Waals surface area contributed by atoms with Crippen molar-refractivity contribution in [1.29, 1.82) is 0 Å². The fourth-order valence-corrected chi connectivity index (χ4v) is 8.52. The molecular formula is C39H40Cl3N5O4. The van der Waals surface area contributed by atoms with Crippen molar-refractivity contribution in [3.63, 3.8) is 0 Å². The minimum absolute atomic E-state index is 0.0896. The van der Waals surface area contributed by atoms with Crippen LogP contribution in [0.15, 0.2) is 42.6 Å². The Labute approximate surface area is 311 Å². The maximum atomic E-state index is 12.5. The van der Waals surface area contributed by atoms with Crippen LogP contribution in [0.5, 0.6) is 5.75 Å². The fraction of sp³-hybridized carbons (Fsp3) is 0.333. The van der Waals surface area contributed by atoms with Crippen molar-refractivity contribution in [1.82, 2.24) is 18.9 Å². The van der Waals surface area contributed by atoms with E-state index in [9.17, 15) is 15.0 Å². The van der Waals surface area contributed by atoms with E-state index in [0.29, 0.717) is 65.6 Å². The zero-order chi connectivity index (χ0) is 36.5. The molecule has 6 aromatic rings. The van der Waals surface area contributed by atoms with E-state index in [1.54, 1.807) is 12.3 Å². The van der Waals surface area contributed by atoms with Crippen LogP contribution in [0.4, 0.5) is 5.69 Å². The van der Waals surface area contributed by atoms with Gasteiger partial charge in [-0.2, -0.15) is 5.10 Å². The standard InChI is InChI=1S/C39H40Cl3N5O4/c1-20-15-25(16-21(2)35(20)42)51-14-7-9-26-27-10-11-29(40)34(32-22(3)43-45(6)23(32)4)36(27)47-13-8-12-46(38(48)37(26)47)24-17-28(39(49)50)33-30(41)19-44(5)31(33)18-24/h10-11,15-19,38,48H,7-9,12-14H2,1-6H3,(H,49,50). The number of aliphatic hydroxyl groups is 1. The number of hydrogen-bond donors (Lipinski definition) is 2. The van der Waals surface area contributed by atoms with Crippen molar-refractivity contribution in [2.24, 2.45) is 14.1 Å². The highest BCUT2D eigenvalue weighted by molar-refractivity contribution is 6.37. The van der Waals surface area contributed by atoms with E-state index in [2.05, 4.69) is 4.57 Å². The van der Waals surface area contributed by atoms with Crippen LogP contribution >= 0.6 is 34.8 Å². The van der Waals surface area contributed by atoms with Gasteiger partial charge >= 0.3 is 5.97 Å². The van der Waals surface area contributed by atoms with Crippen molar-refractivity contribution < 1.29 is 19.7 Å². The lowest BCUT2D eigenvalue weighted by Gasteiger charge is -2.29. The van der Waals surface area contributed by atoms with Crippen molar-refractivity contribution in [2.75, 3.05) is 18.1 Å². The molecule has 0 spiro atoms. The number of ether oxygens (including phenoxy) is 1. The third-order valence-corrected chi connectivity index (χ3v) is 11.4. The van der Waals surface area contributed by atoms with Crippen LogP contribution in [0.1, 0.15) is 63.2 Å². The first-order valence-electron chi connectivity index (χ1n) is 17.0. The minimum atomic E-state index is -1.09. The summed E-state index contributed by atoms with van der Waals surface area (Å²) >= 11 is 20.0. The Morgan fingerprint density at radius 3 is 2.37 bits per heavy atom. The molecule has 2 N–H and O–H groups in total. The Bertz CT molecular complexity index is 2350. The smallest absolute Gasteiger partial charge is 0.336 e. The second-order valence-electron chi connectivity index (χ2n) is 13.5. The van der Waals surface area contributed by atoms with Crippen LogP contribution in [-0.4, -0.2) is 48.2 Å². The van der Waals surface area contributed by atoms with E-state index in [0.717, 1.165) is 66.6 Å². The molecule has 4 heterocycles. The van der Waals surface area contributed by atoms with Crippen LogP contribution in [0.3, 0.4) is 0 Å². The molecule has 0 radical (unpaired) electrons. The van der Waals surface area contributed by atoms with Gasteiger partial charge in [-0.3, -0.25) is 4.68 Å². The molecule has 0 bridgehead atoms. The Hall–Kier alpha value is -4.15. The molecule has 0 saturated carbocycles. The van der Waals surface area contributed by atoms with Crippen LogP contribution in [0, 0.1) is 27.7 Å². The molecule has 0 amide bonds. The molecule has 12 heteroatoms. The average Bonchev–Trinajstić information content (AvgIpc) is 3.59. The summed E-state index contributed by atoms with van der Waals surface area (Å²) in [6.45, 7) is 9.54. The number of anilines is 1. The molecule has 0 fully saturated rings. The number of nitrogens with zero attached hydrogens (tertiary/aromatic N) is 5. The molecule has 7 rings (SSSR count). The summed E-state index contributed by atoms with van der Waals surface area (Å²) in [5, 5.41) is 30.6. The number of aryl methyl sites for hydroxylation is 7. The van der Waals surface area contributed by atoms with Crippen LogP contribution in [0.25, 0.3) is 32.9 Å². The van der Waals surface area contributed by atoms with Gasteiger partial charge < -0.3 is 29.0 Å². The van der Waals surface area contributed by atoms with Crippen molar-refractivity contribution >= 4 is 68.3 Å². The van der Waals surface area contributed by atoms with E-state index in [1.807, 2.05) is 86.3 Å². The number of aromatic carboxylic acids is 1. The minimum Gasteiger partial charge on any atom is -0.494 e. The predicted molar refractivity (Wildman–Crippen MR) is 205 cm³/mol. The van der Waals surface area contributed by atoms with Gasteiger partial charge in [-0.05, 0) is 94.0 Å². The number of aromatic nitrogens is 4. The summed E-state index contributed by atoms with van der Waals surface area (Å²) in [6, 6.07) is 11.4. The summed E-state index contributed by atoms with van der Waals surface area (Å²) in [6.07, 6.45) is 2.61. The summed E-state index contributed by atoms with van der Waals surface area (Å²) in [4.78, 5) is 14.4. The number of aliphatic hydroxyl groups excluding tert-OH is 1. The number of carboxylic acid groups (broad SMARTS) is 1. The highest BCUT2D eigenvalue weighted by atomic mass is 35.5. The summed E-state index contributed by atoms with van der Waals surface area (Å²) < 4.78 is 12.1. The number of hydrogen-bond acceptors (Lipinski definition) is 5. The van der Waals surface area contributed by atoms with E-state index < -0.39 is 12.2 Å². The Kier molecular flexibility index (Phi) is 9.29. The second kappa shape index (κ2) is 13.4. The predicted octanol–water partition coefficient (Wildman–Crippen LogP) is 9.34. The SMILES string of the molecule is Cc1cc(OCCCc2c3n(c4c(-c5c(C)nn(C)c5C)c(Cl)ccc24)CCCN(c2cc(C(=O)O)c4c(Cl)cn(C)c4c2)C3O)cc(C)c1Cl. The number of rotatable bonds is 8. The molecule has 1 aliphatic rings. The quantitative estimate of drug-likeness (QED) is 0.151. The second-order valence-corrected chi connectivity index (χ2v) is 14.7. The van der Waals surface area contributed by atoms with Crippen LogP contribution in [-0.2, 0) is 27.1 Å². The molecule has 51 heavy (non-hydrogen) atoms. The van der Waals surface area contributed by atoms with Gasteiger partial charge in [0.05, 0.1) is 44.6 Å². The highest BCUT2D eigenvalue weighted by Gasteiger charge is 2.33. The molecule has 9 nitrogen and oxygen atoms in total. The number of benzene rings is 3. The highest BCUT2D eigenvalue weighted by Crippen LogP contribution is 2.45. The maximum Gasteiger partial charge on any atom is 0.336 e. The zero-order valence-corrected chi connectivity index (χ0v) is 31.7. The first-order valence-corrected chi connectivity index (χ1v) is 18.1. The first-order chi connectivity index (χ1) is 24.3. The molecule has 1 atom stereocenters. The lowest BCUT2D eigenvalue weighted by atomic mass is 9.98. The summed E-state index contributed by atoms with van der Waals surface area (Å²) in [7, 11) is 3.76. The number of fused-ring (bicyclic) bond motifs is 4. The summed E-state index contributed by atoms with van der Waals surface area (Å²) in [5.41, 5.74) is 9.73. The summed E-state index contributed by atoms with van der Waals surface area (Å²) in [5.74, 6) is -0.315. The molecule has 0 saturated heterocycles. The van der Waals surface area contributed by atoms with Gasteiger partial charge in [-0.15, -0.1) is 0 Å². The van der Waals surface area contributed by atoms with Gasteiger partial charge in [0, 0.05) is 71.7 Å². The Morgan fingerprint density at radius 2 is 1.71 bits per heavy atom. The number of halogens is 3. The zero-order valence-electron chi connectivity index (χ0n) is 29.4. The Morgan fingerprint density at radius 1 is 0.980 bits per heavy atom. The van der Waals surface area contributed by atoms with Crippen molar-refractivity contribution in [3.8, 4) is 16.9 Å². The van der Waals surface area contributed by atoms with E-state index in [-0.39, 0.29) is 5.56 Å². The molecule has 0 aliphatic carbocycles. The average molecular weight is 749 g/mol. The fourth-order valence-electron chi connectivity index (χ4n) is 7.82. The first kappa shape index (κ1) is 35.3. The van der Waals surface area contributed by atoms with Gasteiger partial charge in [0.15, 0.2) is 6.23 Å². The van der Waals surface area contributed by atoms with Crippen molar-refractivity contribution in [2.45, 2.75) is 59.7 Å². The molecule has 1 aliphatic heterocycles. The van der Waals surface area contributed by atoms with E-state index in [1.165, 1.54) is 0 Å². The van der Waals surface area contributed by atoms with Gasteiger partial charge in [0.2, 0.25) is 0 Å². The van der Waals surface area contributed by atoms with Crippen LogP contribution in [0.2, 0.25) is 15.1 Å². The number of carbonyl (C=O) groups is 1. The number of carboxylic acids is 1. The molecule has 1 unspecified atom stereocenters. The lowest BCUT2D eigenvalue weighted by molar-refractivity contribution is 0.0699. The normalized spacial score (nSPS) is 14.8. The lowest BCUT2D eigenvalue weighted by Crippen LogP contribution is -2.29. The van der Waals surface area contributed by atoms with Crippen LogP contribution < -0.4 is 9.64 Å². The third kappa shape index (κ3) is 5.94. The van der Waals surface area contributed by atoms with Gasteiger partial charge in [0.1, 0.15) is 5.75 Å². The van der Waals surface area contributed by atoms with E-state index >= 15 is 0 Å².